The summed E-state index contributed by atoms with van der Waals surface area (Å²) in [6.45, 7) is 9.39. The Labute approximate surface area is 219 Å². The summed E-state index contributed by atoms with van der Waals surface area (Å²) in [5, 5.41) is 5.91. The second kappa shape index (κ2) is 14.0. The van der Waals surface area contributed by atoms with Crippen molar-refractivity contribution in [2.75, 3.05) is 38.6 Å². The molecule has 0 aliphatic heterocycles. The van der Waals surface area contributed by atoms with Crippen molar-refractivity contribution in [3.8, 4) is 17.2 Å². The van der Waals surface area contributed by atoms with E-state index < -0.39 is 0 Å². The van der Waals surface area contributed by atoms with Gasteiger partial charge in [-0.15, -0.1) is 0 Å². The molecule has 3 rings (SSSR count). The van der Waals surface area contributed by atoms with E-state index in [0.717, 1.165) is 30.9 Å². The molecule has 0 saturated carbocycles. The molecular formula is C30H37N3O4. The second-order valence-electron chi connectivity index (χ2n) is 8.63. The highest BCUT2D eigenvalue weighted by atomic mass is 16.5. The molecule has 3 aromatic carbocycles. The number of hydrogen-bond donors (Lipinski definition) is 2. The van der Waals surface area contributed by atoms with Crippen molar-refractivity contribution in [1.82, 2.24) is 10.2 Å². The van der Waals surface area contributed by atoms with Crippen molar-refractivity contribution in [2.45, 2.75) is 33.1 Å². The predicted octanol–water partition coefficient (Wildman–Crippen LogP) is 5.69. The molecule has 7 heteroatoms. The molecule has 1 atom stereocenters. The van der Waals surface area contributed by atoms with E-state index in [9.17, 15) is 9.59 Å². The van der Waals surface area contributed by atoms with Crippen LogP contribution in [0.1, 0.15) is 49.0 Å². The van der Waals surface area contributed by atoms with Gasteiger partial charge >= 0.3 is 0 Å². The van der Waals surface area contributed by atoms with Gasteiger partial charge in [0.05, 0.1) is 18.6 Å². The van der Waals surface area contributed by atoms with Gasteiger partial charge in [0.15, 0.2) is 0 Å². The van der Waals surface area contributed by atoms with Gasteiger partial charge in [-0.3, -0.25) is 9.59 Å². The zero-order valence-corrected chi connectivity index (χ0v) is 22.1. The molecule has 2 N–H and O–H groups in total. The zero-order chi connectivity index (χ0) is 26.6. The normalized spacial score (nSPS) is 11.6. The summed E-state index contributed by atoms with van der Waals surface area (Å²) in [6.07, 6.45) is 0.634. The third-order valence-corrected chi connectivity index (χ3v) is 6.31. The summed E-state index contributed by atoms with van der Waals surface area (Å²) in [6, 6.07) is 22.2. The summed E-state index contributed by atoms with van der Waals surface area (Å²) >= 11 is 0. The molecule has 196 valence electrons. The fraction of sp³-hybridized carbons (Fsp3) is 0.333. The highest BCUT2D eigenvalue weighted by molar-refractivity contribution is 5.99. The van der Waals surface area contributed by atoms with Crippen LogP contribution in [0.4, 0.5) is 5.69 Å². The van der Waals surface area contributed by atoms with Gasteiger partial charge in [-0.2, -0.15) is 0 Å². The molecule has 0 radical (unpaired) electrons. The van der Waals surface area contributed by atoms with Gasteiger partial charge in [-0.05, 0) is 61.5 Å². The van der Waals surface area contributed by atoms with Crippen LogP contribution in [0.5, 0.6) is 17.2 Å². The molecular weight excluding hydrogens is 466 g/mol. The third kappa shape index (κ3) is 7.82. The molecule has 0 aliphatic rings. The van der Waals surface area contributed by atoms with E-state index in [1.165, 1.54) is 7.11 Å². The number of nitrogens with one attached hydrogen (secondary N) is 2. The van der Waals surface area contributed by atoms with Gasteiger partial charge in [0.2, 0.25) is 5.91 Å². The molecule has 0 fully saturated rings. The minimum Gasteiger partial charge on any atom is -0.496 e. The van der Waals surface area contributed by atoms with Crippen LogP contribution in [-0.4, -0.2) is 50.0 Å². The first-order valence-corrected chi connectivity index (χ1v) is 12.8. The number of amides is 2. The number of likely N-dealkylation sites (N-methyl/N-ethyl adjacent to an activating group) is 1. The fourth-order valence-corrected chi connectivity index (χ4v) is 4.11. The Morgan fingerprint density at radius 3 is 2.19 bits per heavy atom. The Morgan fingerprint density at radius 1 is 0.892 bits per heavy atom. The highest BCUT2D eigenvalue weighted by Gasteiger charge is 2.20. The predicted molar refractivity (Wildman–Crippen MR) is 148 cm³/mol. The Bertz CT molecular complexity index is 1150. The SMILES string of the molecule is CCC(C(=O)Nc1ccc(C(=O)NCCN(CC)CC)c(OC)c1)c1ccc(Oc2ccccc2)cc1. The van der Waals surface area contributed by atoms with E-state index in [1.807, 2.05) is 61.5 Å². The molecule has 0 saturated heterocycles. The number of nitrogens with zero attached hydrogens (tertiary/aromatic N) is 1. The topological polar surface area (TPSA) is 79.9 Å². The van der Waals surface area contributed by atoms with Crippen LogP contribution in [0, 0.1) is 0 Å². The Balaban J connectivity index is 1.63. The lowest BCUT2D eigenvalue weighted by atomic mass is 9.95. The first kappa shape index (κ1) is 27.7. The van der Waals surface area contributed by atoms with Gasteiger partial charge in [-0.1, -0.05) is 51.1 Å². The number of methoxy groups -OCH3 is 1. The lowest BCUT2D eigenvalue weighted by Gasteiger charge is -2.19. The van der Waals surface area contributed by atoms with Crippen LogP contribution in [0.2, 0.25) is 0 Å². The van der Waals surface area contributed by atoms with E-state index in [2.05, 4.69) is 29.4 Å². The van der Waals surface area contributed by atoms with Crippen LogP contribution in [0.25, 0.3) is 0 Å². The quantitative estimate of drug-likeness (QED) is 0.313. The van der Waals surface area contributed by atoms with Crippen molar-refractivity contribution in [3.63, 3.8) is 0 Å². The van der Waals surface area contributed by atoms with E-state index in [0.29, 0.717) is 35.7 Å². The van der Waals surface area contributed by atoms with Gasteiger partial charge in [0.1, 0.15) is 17.2 Å². The maximum absolute atomic E-state index is 13.1. The van der Waals surface area contributed by atoms with Crippen LogP contribution in [0.3, 0.4) is 0 Å². The van der Waals surface area contributed by atoms with Gasteiger partial charge in [0, 0.05) is 24.8 Å². The summed E-state index contributed by atoms with van der Waals surface area (Å²) < 4.78 is 11.3. The van der Waals surface area contributed by atoms with E-state index in [1.54, 1.807) is 18.2 Å². The number of benzene rings is 3. The highest BCUT2D eigenvalue weighted by Crippen LogP contribution is 2.28. The Morgan fingerprint density at radius 2 is 1.57 bits per heavy atom. The Kier molecular flexibility index (Phi) is 10.5. The number of anilines is 1. The average molecular weight is 504 g/mol. The number of carbonyl (C=O) groups is 2. The molecule has 7 nitrogen and oxygen atoms in total. The van der Waals surface area contributed by atoms with Crippen molar-refractivity contribution in [2.24, 2.45) is 0 Å². The summed E-state index contributed by atoms with van der Waals surface area (Å²) in [7, 11) is 1.52. The van der Waals surface area contributed by atoms with Crippen molar-refractivity contribution in [3.05, 3.63) is 83.9 Å². The molecule has 0 spiro atoms. The molecule has 0 heterocycles. The van der Waals surface area contributed by atoms with Crippen LogP contribution in [0.15, 0.2) is 72.8 Å². The lowest BCUT2D eigenvalue weighted by Crippen LogP contribution is -2.34. The molecule has 1 unspecified atom stereocenters. The summed E-state index contributed by atoms with van der Waals surface area (Å²) in [4.78, 5) is 28.1. The summed E-state index contributed by atoms with van der Waals surface area (Å²) in [5.41, 5.74) is 1.90. The van der Waals surface area contributed by atoms with Crippen LogP contribution >= 0.6 is 0 Å². The number of hydrogen-bond acceptors (Lipinski definition) is 5. The zero-order valence-electron chi connectivity index (χ0n) is 22.1. The largest absolute Gasteiger partial charge is 0.496 e. The standard InChI is InChI=1S/C30H37N3O4/c1-5-26(22-13-16-25(17-14-22)37-24-11-9-8-10-12-24)30(35)32-23-15-18-27(28(21-23)36-4)29(34)31-19-20-33(6-2)7-3/h8-18,21,26H,5-7,19-20H2,1-4H3,(H,31,34)(H,32,35). The smallest absolute Gasteiger partial charge is 0.255 e. The molecule has 2 amide bonds. The van der Waals surface area contributed by atoms with Crippen LogP contribution in [-0.2, 0) is 4.79 Å². The monoisotopic (exact) mass is 503 g/mol. The molecule has 37 heavy (non-hydrogen) atoms. The van der Waals surface area contributed by atoms with E-state index in [-0.39, 0.29) is 17.7 Å². The maximum Gasteiger partial charge on any atom is 0.255 e. The maximum atomic E-state index is 13.1. The van der Waals surface area contributed by atoms with Crippen molar-refractivity contribution < 1.29 is 19.1 Å². The second-order valence-corrected chi connectivity index (χ2v) is 8.63. The van der Waals surface area contributed by atoms with E-state index in [4.69, 9.17) is 9.47 Å². The number of carbonyl (C=O) groups excluding carboxylic acids is 2. The van der Waals surface area contributed by atoms with Gasteiger partial charge < -0.3 is 25.0 Å². The van der Waals surface area contributed by atoms with Crippen molar-refractivity contribution in [1.29, 1.82) is 0 Å². The van der Waals surface area contributed by atoms with Gasteiger partial charge in [0.25, 0.3) is 5.91 Å². The van der Waals surface area contributed by atoms with Gasteiger partial charge in [-0.25, -0.2) is 0 Å². The lowest BCUT2D eigenvalue weighted by molar-refractivity contribution is -0.117. The first-order chi connectivity index (χ1) is 18.0. The van der Waals surface area contributed by atoms with E-state index >= 15 is 0 Å². The van der Waals surface area contributed by atoms with Crippen LogP contribution < -0.4 is 20.1 Å². The number of para-hydroxylation sites is 1. The molecule has 0 aromatic heterocycles. The molecule has 3 aromatic rings. The molecule has 0 aliphatic carbocycles. The first-order valence-electron chi connectivity index (χ1n) is 12.8. The molecule has 0 bridgehead atoms. The number of rotatable bonds is 13. The third-order valence-electron chi connectivity index (χ3n) is 6.31. The van der Waals surface area contributed by atoms with Crippen molar-refractivity contribution >= 4 is 17.5 Å². The minimum absolute atomic E-state index is 0.127. The average Bonchev–Trinajstić information content (AvgIpc) is 2.93. The Hall–Kier alpha value is -3.84. The number of ether oxygens (including phenoxy) is 2. The minimum atomic E-state index is -0.333. The summed E-state index contributed by atoms with van der Waals surface area (Å²) in [5.74, 6) is 1.22. The fourth-order valence-electron chi connectivity index (χ4n) is 4.11.